The number of amides is 4. The number of benzene rings is 7. The number of carbonyl (C=O) groups excluding carboxylic acids is 4. The number of carbonyl (C=O) groups is 4. The van der Waals surface area contributed by atoms with Crippen LogP contribution in [0.3, 0.4) is 0 Å². The maximum Gasteiger partial charge on any atom is 0.416 e. The molecule has 7 aromatic rings. The van der Waals surface area contributed by atoms with E-state index in [1.165, 1.54) is 91.9 Å². The Hall–Kier alpha value is -8.67. The van der Waals surface area contributed by atoms with Crippen LogP contribution in [0.5, 0.6) is 23.0 Å². The van der Waals surface area contributed by atoms with Gasteiger partial charge in [-0.2, -0.15) is 26.3 Å². The number of ether oxygens (including phenoxy) is 2. The van der Waals surface area contributed by atoms with E-state index in [1.807, 2.05) is 0 Å². The minimum atomic E-state index is -4.78. The molecule has 0 aliphatic rings. The highest BCUT2D eigenvalue weighted by molar-refractivity contribution is 6.35. The van der Waals surface area contributed by atoms with Crippen molar-refractivity contribution in [2.24, 2.45) is 20.5 Å². The summed E-state index contributed by atoms with van der Waals surface area (Å²) in [4.78, 5) is 54.1. The Bertz CT molecular complexity index is 3530. The summed E-state index contributed by atoms with van der Waals surface area (Å²) in [6.07, 6.45) is -9.56. The van der Waals surface area contributed by atoms with E-state index >= 15 is 0 Å². The van der Waals surface area contributed by atoms with Crippen molar-refractivity contribution in [1.29, 1.82) is 0 Å². The highest BCUT2D eigenvalue weighted by Gasteiger charge is 2.33. The molecule has 7 rings (SSSR count). The highest BCUT2D eigenvalue weighted by atomic mass is 35.5. The summed E-state index contributed by atoms with van der Waals surface area (Å²) < 4.78 is 93.9. The first kappa shape index (κ1) is 61.0. The van der Waals surface area contributed by atoms with Crippen molar-refractivity contribution in [3.05, 3.63) is 209 Å². The summed E-state index contributed by atoms with van der Waals surface area (Å²) >= 11 is 31.1. The van der Waals surface area contributed by atoms with Gasteiger partial charge in [0.15, 0.2) is 22.9 Å². The second kappa shape index (κ2) is 25.8. The Morgan fingerprint density at radius 2 is 0.854 bits per heavy atom. The van der Waals surface area contributed by atoms with Gasteiger partial charge in [0, 0.05) is 26.9 Å². The van der Waals surface area contributed by atoms with E-state index in [9.17, 15) is 55.7 Å². The van der Waals surface area contributed by atoms with Gasteiger partial charge in [-0.15, -0.1) is 20.5 Å². The minimum Gasteiger partial charge on any atom is -0.510 e. The number of hydrogen-bond donors (Lipinski definition) is 6. The molecule has 27 heteroatoms. The molecular weight excluding hydrogens is 1190 g/mol. The van der Waals surface area contributed by atoms with Crippen molar-refractivity contribution in [1.82, 2.24) is 0 Å². The minimum absolute atomic E-state index is 0.0402. The Morgan fingerprint density at radius 1 is 0.463 bits per heavy atom. The average Bonchev–Trinajstić information content (AvgIpc) is 3.61. The number of hydrogen-bond acceptors (Lipinski definition) is 12. The lowest BCUT2D eigenvalue weighted by Gasteiger charge is -2.15. The molecule has 0 fully saturated rings. The number of aliphatic hydroxyl groups is 2. The third-order valence-electron chi connectivity index (χ3n) is 11.1. The highest BCUT2D eigenvalue weighted by Crippen LogP contribution is 2.40. The lowest BCUT2D eigenvalue weighted by Crippen LogP contribution is -2.17. The van der Waals surface area contributed by atoms with Crippen LogP contribution in [0, 0.1) is 6.92 Å². The zero-order chi connectivity index (χ0) is 59.8. The van der Waals surface area contributed by atoms with Gasteiger partial charge in [0.1, 0.15) is 34.4 Å². The number of aliphatic hydroxyl groups excluding tert-OH is 2. The molecule has 6 N–H and O–H groups in total. The van der Waals surface area contributed by atoms with E-state index in [4.69, 9.17) is 67.5 Å². The van der Waals surface area contributed by atoms with Gasteiger partial charge < -0.3 is 41.0 Å². The Labute approximate surface area is 485 Å². The smallest absolute Gasteiger partial charge is 0.416 e. The SMILES string of the molecule is C/C(O)=C(/N=Nc1cc(C(=O)Nc2cc(C(F)(F)F)ccc2Oc2ccc(Cl)cc2)ccc1Cl)C(=O)Nc1cc(Cl)c(NC(=O)/C(N=Nc2cc(C(=O)Nc3cc(C(F)(F)F)ccc3Oc3ccc(Cl)cc3)ccc2Cl)=C(\C)O)cc1C. The van der Waals surface area contributed by atoms with Crippen LogP contribution in [0.4, 0.5) is 60.5 Å². The molecular formula is C55H37Cl5F6N8O8. The number of aryl methyl sites for hydroxylation is 1. The maximum atomic E-state index is 13.7. The Morgan fingerprint density at radius 3 is 1.23 bits per heavy atom. The monoisotopic (exact) mass is 1230 g/mol. The molecule has 0 saturated carbocycles. The first-order valence-electron chi connectivity index (χ1n) is 23.2. The molecule has 82 heavy (non-hydrogen) atoms. The lowest BCUT2D eigenvalue weighted by molar-refractivity contribution is -0.138. The predicted octanol–water partition coefficient (Wildman–Crippen LogP) is 18.4. The third-order valence-corrected chi connectivity index (χ3v) is 12.5. The molecule has 422 valence electrons. The standard InChI is InChI=1S/C55H37Cl5F6N8O8/c1-26-20-41(68-53(80)49(28(3)76)74-72-43-22-30(5-17-38(43)59)51(78)70-45-24-32(55(64,65)66)7-19-47(45)82-36-14-10-34(57)11-15-36)39(60)25-40(26)67-52(79)48(27(2)75)73-71-42-21-29(4-16-37(42)58)50(77)69-44-23-31(54(61,62)63)6-18-46(44)81-35-12-8-33(56)9-13-35/h4-25,75-76H,1-3H3,(H,67,79)(H,68,80)(H,69,77)(H,70,78)/b48-27-,49-28-,73-71?,74-72?. The fraction of sp³-hybridized carbons (Fsp3) is 0.0909. The summed E-state index contributed by atoms with van der Waals surface area (Å²) in [5.41, 5.74) is -4.70. The summed E-state index contributed by atoms with van der Waals surface area (Å²) in [7, 11) is 0. The van der Waals surface area contributed by atoms with E-state index in [0.29, 0.717) is 22.2 Å². The van der Waals surface area contributed by atoms with Gasteiger partial charge in [-0.3, -0.25) is 19.2 Å². The van der Waals surface area contributed by atoms with E-state index < -0.39 is 70.0 Å². The lowest BCUT2D eigenvalue weighted by atomic mass is 10.1. The van der Waals surface area contributed by atoms with Crippen LogP contribution in [0.15, 0.2) is 177 Å². The summed E-state index contributed by atoms with van der Waals surface area (Å²) in [6, 6.07) is 26.5. The average molecular weight is 1230 g/mol. The van der Waals surface area contributed by atoms with Gasteiger partial charge in [-0.25, -0.2) is 0 Å². The van der Waals surface area contributed by atoms with Gasteiger partial charge in [0.2, 0.25) is 0 Å². The van der Waals surface area contributed by atoms with Gasteiger partial charge >= 0.3 is 12.4 Å². The van der Waals surface area contributed by atoms with E-state index in [2.05, 4.69) is 41.7 Å². The van der Waals surface area contributed by atoms with Crippen molar-refractivity contribution in [2.75, 3.05) is 21.3 Å². The number of halogens is 11. The number of azo groups is 2. The zero-order valence-electron chi connectivity index (χ0n) is 42.0. The molecule has 4 amide bonds. The second-order valence-corrected chi connectivity index (χ2v) is 19.2. The van der Waals surface area contributed by atoms with Crippen LogP contribution in [-0.4, -0.2) is 33.8 Å². The molecule has 0 atom stereocenters. The number of alkyl halides is 6. The van der Waals surface area contributed by atoms with Crippen molar-refractivity contribution in [3.63, 3.8) is 0 Å². The fourth-order valence-electron chi connectivity index (χ4n) is 6.94. The van der Waals surface area contributed by atoms with Gasteiger partial charge in [0.05, 0.1) is 43.3 Å². The molecule has 16 nitrogen and oxygen atoms in total. The van der Waals surface area contributed by atoms with E-state index in [1.54, 1.807) is 0 Å². The van der Waals surface area contributed by atoms with Crippen molar-refractivity contribution in [3.8, 4) is 23.0 Å². The zero-order valence-corrected chi connectivity index (χ0v) is 45.8. The quantitative estimate of drug-likeness (QED) is 0.0236. The molecule has 0 spiro atoms. The molecule has 0 aliphatic heterocycles. The summed E-state index contributed by atoms with van der Waals surface area (Å²) in [5, 5.41) is 46.7. The fourth-order valence-corrected chi connectivity index (χ4v) is 7.72. The summed E-state index contributed by atoms with van der Waals surface area (Å²) in [6.45, 7) is 3.72. The topological polar surface area (TPSA) is 225 Å². The Kier molecular flexibility index (Phi) is 19.2. The van der Waals surface area contributed by atoms with Gasteiger partial charge in [-0.1, -0.05) is 58.0 Å². The second-order valence-electron chi connectivity index (χ2n) is 17.1. The molecule has 7 aromatic carbocycles. The molecule has 0 saturated heterocycles. The van der Waals surface area contributed by atoms with Crippen LogP contribution in [-0.2, 0) is 21.9 Å². The van der Waals surface area contributed by atoms with Crippen molar-refractivity contribution >= 4 is 116 Å². The molecule has 0 unspecified atom stereocenters. The molecule has 0 aliphatic carbocycles. The van der Waals surface area contributed by atoms with Gasteiger partial charge in [-0.05, 0) is 160 Å². The predicted molar refractivity (Wildman–Crippen MR) is 298 cm³/mol. The van der Waals surface area contributed by atoms with Crippen molar-refractivity contribution in [2.45, 2.75) is 33.1 Å². The normalized spacial score (nSPS) is 12.4. The number of allylic oxidation sites excluding steroid dienone is 2. The number of nitrogens with zero attached hydrogens (tertiary/aromatic N) is 4. The van der Waals surface area contributed by atoms with E-state index in [0.717, 1.165) is 50.2 Å². The van der Waals surface area contributed by atoms with Crippen LogP contribution in [0.1, 0.15) is 51.3 Å². The first-order valence-corrected chi connectivity index (χ1v) is 25.1. The summed E-state index contributed by atoms with van der Waals surface area (Å²) in [5.74, 6) is -5.11. The first-order chi connectivity index (χ1) is 38.6. The largest absolute Gasteiger partial charge is 0.510 e. The third kappa shape index (κ3) is 15.8. The van der Waals surface area contributed by atoms with Crippen LogP contribution in [0.2, 0.25) is 25.1 Å². The van der Waals surface area contributed by atoms with Crippen LogP contribution in [0.25, 0.3) is 0 Å². The number of nitrogens with one attached hydrogen (secondary N) is 4. The Balaban J connectivity index is 1.03. The number of anilines is 4. The molecule has 0 heterocycles. The van der Waals surface area contributed by atoms with Gasteiger partial charge in [0.25, 0.3) is 23.6 Å². The van der Waals surface area contributed by atoms with Crippen LogP contribution >= 0.6 is 58.0 Å². The maximum absolute atomic E-state index is 13.7. The van der Waals surface area contributed by atoms with Crippen LogP contribution < -0.4 is 30.7 Å². The molecule has 0 radical (unpaired) electrons. The van der Waals surface area contributed by atoms with E-state index in [-0.39, 0.29) is 88.9 Å². The molecule has 0 aromatic heterocycles. The molecule has 0 bridgehead atoms. The number of rotatable bonds is 16. The van der Waals surface area contributed by atoms with Crippen molar-refractivity contribution < 1.29 is 65.2 Å².